The quantitative estimate of drug-likeness (QED) is 0.828. The Bertz CT molecular complexity index is 606. The minimum absolute atomic E-state index is 0.0280. The van der Waals surface area contributed by atoms with E-state index in [2.05, 4.69) is 5.32 Å². The molecule has 0 atom stereocenters. The summed E-state index contributed by atoms with van der Waals surface area (Å²) in [6.45, 7) is 2.40. The molecule has 0 unspecified atom stereocenters. The molecule has 4 nitrogen and oxygen atoms in total. The first-order chi connectivity index (χ1) is 10.2. The van der Waals surface area contributed by atoms with Crippen molar-refractivity contribution in [2.75, 3.05) is 13.2 Å². The number of ketones is 1. The van der Waals surface area contributed by atoms with Crippen LogP contribution in [0.25, 0.3) is 0 Å². The first-order valence-corrected chi connectivity index (χ1v) is 6.80. The number of hydrogen-bond acceptors (Lipinski definition) is 3. The van der Waals surface area contributed by atoms with E-state index in [0.717, 1.165) is 0 Å². The van der Waals surface area contributed by atoms with E-state index in [1.165, 1.54) is 0 Å². The molecule has 0 spiro atoms. The van der Waals surface area contributed by atoms with Crippen LogP contribution in [0, 0.1) is 0 Å². The Hall–Kier alpha value is -2.62. The topological polar surface area (TPSA) is 55.4 Å². The van der Waals surface area contributed by atoms with Crippen molar-refractivity contribution in [2.24, 2.45) is 0 Å². The lowest BCUT2D eigenvalue weighted by Crippen LogP contribution is -2.28. The molecule has 2 aromatic rings. The first-order valence-electron chi connectivity index (χ1n) is 6.80. The van der Waals surface area contributed by atoms with Crippen LogP contribution >= 0.6 is 0 Å². The van der Waals surface area contributed by atoms with Crippen LogP contribution in [0.15, 0.2) is 54.6 Å². The van der Waals surface area contributed by atoms with Gasteiger partial charge in [0.15, 0.2) is 12.4 Å². The van der Waals surface area contributed by atoms with Crippen molar-refractivity contribution in [1.82, 2.24) is 5.32 Å². The molecular weight excluding hydrogens is 266 g/mol. The van der Waals surface area contributed by atoms with Crippen molar-refractivity contribution in [3.8, 4) is 5.75 Å². The van der Waals surface area contributed by atoms with Gasteiger partial charge in [-0.05, 0) is 31.2 Å². The lowest BCUT2D eigenvalue weighted by molar-refractivity contribution is -0.122. The number of ether oxygens (including phenoxy) is 1. The number of nitrogens with one attached hydrogen (secondary N) is 1. The molecule has 2 aromatic carbocycles. The van der Waals surface area contributed by atoms with E-state index in [1.807, 2.05) is 25.1 Å². The van der Waals surface area contributed by atoms with E-state index in [9.17, 15) is 9.59 Å². The second-order valence-electron chi connectivity index (χ2n) is 4.46. The summed E-state index contributed by atoms with van der Waals surface area (Å²) in [4.78, 5) is 23.5. The minimum atomic E-state index is -0.165. The third kappa shape index (κ3) is 4.18. The molecular formula is C17H17NO3. The summed E-state index contributed by atoms with van der Waals surface area (Å²) in [5.74, 6) is 0.360. The van der Waals surface area contributed by atoms with Crippen molar-refractivity contribution in [1.29, 1.82) is 0 Å². The maximum Gasteiger partial charge on any atom is 0.257 e. The summed E-state index contributed by atoms with van der Waals surface area (Å²) >= 11 is 0. The van der Waals surface area contributed by atoms with Gasteiger partial charge in [0.1, 0.15) is 5.75 Å². The smallest absolute Gasteiger partial charge is 0.257 e. The molecule has 0 aromatic heterocycles. The Morgan fingerprint density at radius 2 is 1.57 bits per heavy atom. The molecule has 0 bridgehead atoms. The van der Waals surface area contributed by atoms with Crippen LogP contribution < -0.4 is 10.1 Å². The number of amides is 1. The van der Waals surface area contributed by atoms with Gasteiger partial charge < -0.3 is 10.1 Å². The number of likely N-dealkylation sites (N-methyl/N-ethyl adjacent to an activating group) is 1. The van der Waals surface area contributed by atoms with Gasteiger partial charge in [-0.1, -0.05) is 30.3 Å². The summed E-state index contributed by atoms with van der Waals surface area (Å²) in [6.07, 6.45) is 0. The van der Waals surface area contributed by atoms with Gasteiger partial charge in [-0.2, -0.15) is 0 Å². The minimum Gasteiger partial charge on any atom is -0.484 e. The molecule has 0 aliphatic carbocycles. The van der Waals surface area contributed by atoms with E-state index < -0.39 is 0 Å². The molecule has 4 heteroatoms. The van der Waals surface area contributed by atoms with Crippen LogP contribution in [0.4, 0.5) is 0 Å². The average molecular weight is 283 g/mol. The molecule has 1 amide bonds. The van der Waals surface area contributed by atoms with Crippen molar-refractivity contribution in [3.05, 3.63) is 65.7 Å². The maximum atomic E-state index is 12.2. The first kappa shape index (κ1) is 14.8. The van der Waals surface area contributed by atoms with Gasteiger partial charge in [-0.15, -0.1) is 0 Å². The highest BCUT2D eigenvalue weighted by atomic mass is 16.5. The fourth-order valence-corrected chi connectivity index (χ4v) is 1.86. The second kappa shape index (κ2) is 7.24. The van der Waals surface area contributed by atoms with Crippen molar-refractivity contribution >= 4 is 11.7 Å². The highest BCUT2D eigenvalue weighted by molar-refractivity contribution is 6.08. The summed E-state index contributed by atoms with van der Waals surface area (Å²) in [7, 11) is 0. The fraction of sp³-hybridized carbons (Fsp3) is 0.176. The van der Waals surface area contributed by atoms with Gasteiger partial charge >= 0.3 is 0 Å². The third-order valence-electron chi connectivity index (χ3n) is 2.90. The number of hydrogen-bond donors (Lipinski definition) is 1. The molecule has 0 heterocycles. The molecule has 0 saturated heterocycles. The van der Waals surface area contributed by atoms with Gasteiger partial charge in [0.05, 0.1) is 0 Å². The van der Waals surface area contributed by atoms with Crippen molar-refractivity contribution < 1.29 is 14.3 Å². The van der Waals surface area contributed by atoms with Crippen LogP contribution in [-0.4, -0.2) is 24.8 Å². The standard InChI is InChI=1S/C17H17NO3/c1-2-18-16(19)12-21-15-10-8-14(9-11-15)17(20)13-6-4-3-5-7-13/h3-11H,2,12H2,1H3,(H,18,19). The highest BCUT2D eigenvalue weighted by Gasteiger charge is 2.08. The lowest BCUT2D eigenvalue weighted by Gasteiger charge is -2.07. The largest absolute Gasteiger partial charge is 0.484 e. The van der Waals surface area contributed by atoms with Gasteiger partial charge in [0, 0.05) is 17.7 Å². The fourth-order valence-electron chi connectivity index (χ4n) is 1.86. The van der Waals surface area contributed by atoms with Gasteiger partial charge in [-0.3, -0.25) is 9.59 Å². The van der Waals surface area contributed by atoms with Crippen LogP contribution in [0.3, 0.4) is 0 Å². The molecule has 0 aliphatic heterocycles. The van der Waals surface area contributed by atoms with E-state index in [1.54, 1.807) is 36.4 Å². The SMILES string of the molecule is CCNC(=O)COc1ccc(C(=O)c2ccccc2)cc1. The number of rotatable bonds is 6. The second-order valence-corrected chi connectivity index (χ2v) is 4.46. The van der Waals surface area contributed by atoms with Crippen LogP contribution in [-0.2, 0) is 4.79 Å². The average Bonchev–Trinajstić information content (AvgIpc) is 2.54. The monoisotopic (exact) mass is 283 g/mol. The predicted octanol–water partition coefficient (Wildman–Crippen LogP) is 2.43. The van der Waals surface area contributed by atoms with Gasteiger partial charge in [0.2, 0.25) is 0 Å². The van der Waals surface area contributed by atoms with Crippen LogP contribution in [0.1, 0.15) is 22.8 Å². The van der Waals surface area contributed by atoms with Crippen molar-refractivity contribution in [2.45, 2.75) is 6.92 Å². The predicted molar refractivity (Wildman–Crippen MR) is 80.5 cm³/mol. The van der Waals surface area contributed by atoms with Crippen LogP contribution in [0.5, 0.6) is 5.75 Å². The zero-order chi connectivity index (χ0) is 15.1. The molecule has 0 aliphatic rings. The van der Waals surface area contributed by atoms with Crippen LogP contribution in [0.2, 0.25) is 0 Å². The number of carbonyl (C=O) groups is 2. The third-order valence-corrected chi connectivity index (χ3v) is 2.90. The molecule has 108 valence electrons. The van der Waals surface area contributed by atoms with Crippen molar-refractivity contribution in [3.63, 3.8) is 0 Å². The Balaban J connectivity index is 1.99. The van der Waals surface area contributed by atoms with E-state index in [0.29, 0.717) is 23.4 Å². The summed E-state index contributed by atoms with van der Waals surface area (Å²) in [5, 5.41) is 2.65. The molecule has 1 N–H and O–H groups in total. The molecule has 21 heavy (non-hydrogen) atoms. The zero-order valence-corrected chi connectivity index (χ0v) is 11.8. The zero-order valence-electron chi connectivity index (χ0n) is 11.8. The number of benzene rings is 2. The molecule has 0 fully saturated rings. The van der Waals surface area contributed by atoms with E-state index in [-0.39, 0.29) is 18.3 Å². The highest BCUT2D eigenvalue weighted by Crippen LogP contribution is 2.15. The Morgan fingerprint density at radius 1 is 0.952 bits per heavy atom. The molecule has 0 radical (unpaired) electrons. The Labute approximate surface area is 123 Å². The normalized spacial score (nSPS) is 9.95. The Morgan fingerprint density at radius 3 is 2.19 bits per heavy atom. The Kier molecular flexibility index (Phi) is 5.10. The summed E-state index contributed by atoms with van der Waals surface area (Å²) < 4.78 is 5.34. The van der Waals surface area contributed by atoms with Gasteiger partial charge in [0.25, 0.3) is 5.91 Å². The maximum absolute atomic E-state index is 12.2. The van der Waals surface area contributed by atoms with E-state index >= 15 is 0 Å². The van der Waals surface area contributed by atoms with E-state index in [4.69, 9.17) is 4.74 Å². The molecule has 0 saturated carbocycles. The molecule has 2 rings (SSSR count). The lowest BCUT2D eigenvalue weighted by atomic mass is 10.0. The summed E-state index contributed by atoms with van der Waals surface area (Å²) in [5.41, 5.74) is 1.24. The van der Waals surface area contributed by atoms with Gasteiger partial charge in [-0.25, -0.2) is 0 Å². The number of carbonyl (C=O) groups excluding carboxylic acids is 2. The summed E-state index contributed by atoms with van der Waals surface area (Å²) in [6, 6.07) is 15.9.